The molecule has 2 bridgehead atoms. The summed E-state index contributed by atoms with van der Waals surface area (Å²) in [6, 6.07) is 0. The first kappa shape index (κ1) is 13.9. The molecule has 0 aromatic rings. The van der Waals surface area contributed by atoms with Crippen LogP contribution in [0.2, 0.25) is 0 Å². The molecule has 0 aromatic carbocycles. The number of rotatable bonds is 3. The summed E-state index contributed by atoms with van der Waals surface area (Å²) in [5.74, 6) is 0.710. The molecule has 0 radical (unpaired) electrons. The molecule has 3 unspecified atom stereocenters. The van der Waals surface area contributed by atoms with Crippen LogP contribution in [0.5, 0.6) is 0 Å². The number of carbonyl (C=O) groups is 1. The molecule has 2 aliphatic carbocycles. The second-order valence-electron chi connectivity index (χ2n) is 7.94. The molecule has 2 saturated carbocycles. The molecule has 0 aliphatic heterocycles. The molecule has 104 valence electrons. The number of esters is 1. The zero-order valence-electron chi connectivity index (χ0n) is 12.8. The Kier molecular flexibility index (Phi) is 3.07. The third-order valence-electron chi connectivity index (χ3n) is 5.80. The minimum atomic E-state index is -0.353. The molecule has 0 saturated heterocycles. The minimum absolute atomic E-state index is 0.0168. The van der Waals surface area contributed by atoms with E-state index in [0.29, 0.717) is 0 Å². The Morgan fingerprint density at radius 1 is 1.33 bits per heavy atom. The van der Waals surface area contributed by atoms with Crippen LogP contribution in [0.3, 0.4) is 0 Å². The van der Waals surface area contributed by atoms with Crippen LogP contribution >= 0.6 is 0 Å². The van der Waals surface area contributed by atoms with Gasteiger partial charge in [0, 0.05) is 10.8 Å². The van der Waals surface area contributed by atoms with Gasteiger partial charge in [-0.2, -0.15) is 0 Å². The fourth-order valence-corrected chi connectivity index (χ4v) is 3.96. The number of carbonyl (C=O) groups excluding carboxylic acids is 1. The first-order valence-electron chi connectivity index (χ1n) is 7.34. The highest BCUT2D eigenvalue weighted by molar-refractivity contribution is 5.76. The lowest BCUT2D eigenvalue weighted by atomic mass is 9.70. The highest BCUT2D eigenvalue weighted by atomic mass is 16.5. The molecule has 0 aromatic heterocycles. The second-order valence-corrected chi connectivity index (χ2v) is 7.94. The molecule has 0 spiro atoms. The third-order valence-corrected chi connectivity index (χ3v) is 5.80. The van der Waals surface area contributed by atoms with Crippen LogP contribution in [0, 0.1) is 22.2 Å². The van der Waals surface area contributed by atoms with E-state index >= 15 is 0 Å². The quantitative estimate of drug-likeness (QED) is 0.704. The summed E-state index contributed by atoms with van der Waals surface area (Å²) in [7, 11) is 0. The van der Waals surface area contributed by atoms with Crippen molar-refractivity contribution in [3.8, 4) is 0 Å². The molecule has 2 fully saturated rings. The van der Waals surface area contributed by atoms with Crippen molar-refractivity contribution in [1.82, 2.24) is 0 Å². The molecule has 0 N–H and O–H groups in total. The highest BCUT2D eigenvalue weighted by Gasteiger charge is 2.61. The minimum Gasteiger partial charge on any atom is -0.461 e. The summed E-state index contributed by atoms with van der Waals surface area (Å²) in [5.41, 5.74) is 0.00834. The maximum atomic E-state index is 12.3. The molecule has 2 aliphatic rings. The van der Waals surface area contributed by atoms with E-state index in [9.17, 15) is 4.79 Å². The van der Waals surface area contributed by atoms with E-state index in [1.54, 1.807) is 0 Å². The molecule has 3 atom stereocenters. The average molecular weight is 252 g/mol. The van der Waals surface area contributed by atoms with Gasteiger partial charge in [0.25, 0.3) is 0 Å². The predicted octanol–water partition coefficient (Wildman–Crippen LogP) is 4.18. The van der Waals surface area contributed by atoms with E-state index < -0.39 is 0 Å². The molecule has 2 nitrogen and oxygen atoms in total. The molecule has 0 amide bonds. The van der Waals surface area contributed by atoms with Crippen LogP contribution < -0.4 is 0 Å². The van der Waals surface area contributed by atoms with Crippen molar-refractivity contribution in [2.45, 2.75) is 73.3 Å². The van der Waals surface area contributed by atoms with Gasteiger partial charge in [-0.15, -0.1) is 0 Å². The van der Waals surface area contributed by atoms with Gasteiger partial charge in [0.2, 0.25) is 0 Å². The van der Waals surface area contributed by atoms with Crippen LogP contribution in [0.15, 0.2) is 0 Å². The lowest BCUT2D eigenvalue weighted by Gasteiger charge is -2.42. The standard InChI is InChI=1S/C16H28O2/c1-7-14(2,3)13(17)18-12-15(4,5)11-8-9-16(12,6)10-11/h11-12H,7-10H2,1-6H3. The van der Waals surface area contributed by atoms with Gasteiger partial charge < -0.3 is 4.74 Å². The van der Waals surface area contributed by atoms with Crippen molar-refractivity contribution < 1.29 is 9.53 Å². The number of fused-ring (bicyclic) bond motifs is 2. The van der Waals surface area contributed by atoms with E-state index in [2.05, 4.69) is 27.7 Å². The van der Waals surface area contributed by atoms with Crippen molar-refractivity contribution in [1.29, 1.82) is 0 Å². The van der Waals surface area contributed by atoms with Crippen molar-refractivity contribution in [2.24, 2.45) is 22.2 Å². The van der Waals surface area contributed by atoms with Gasteiger partial charge in [0.15, 0.2) is 0 Å². The van der Waals surface area contributed by atoms with Gasteiger partial charge in [-0.1, -0.05) is 27.7 Å². The van der Waals surface area contributed by atoms with Gasteiger partial charge in [-0.05, 0) is 45.4 Å². The molecular formula is C16H28O2. The van der Waals surface area contributed by atoms with Crippen LogP contribution in [-0.4, -0.2) is 12.1 Å². The highest BCUT2D eigenvalue weighted by Crippen LogP contribution is 2.63. The van der Waals surface area contributed by atoms with E-state index in [4.69, 9.17) is 4.74 Å². The van der Waals surface area contributed by atoms with Gasteiger partial charge >= 0.3 is 5.97 Å². The van der Waals surface area contributed by atoms with Crippen molar-refractivity contribution in [3.63, 3.8) is 0 Å². The molecule has 0 heterocycles. The van der Waals surface area contributed by atoms with Crippen molar-refractivity contribution >= 4 is 5.97 Å². The number of hydrogen-bond donors (Lipinski definition) is 0. The smallest absolute Gasteiger partial charge is 0.311 e. The van der Waals surface area contributed by atoms with E-state index in [-0.39, 0.29) is 28.3 Å². The topological polar surface area (TPSA) is 26.3 Å². The van der Waals surface area contributed by atoms with Gasteiger partial charge in [-0.25, -0.2) is 0 Å². The first-order chi connectivity index (χ1) is 8.13. The summed E-state index contributed by atoms with van der Waals surface area (Å²) >= 11 is 0. The predicted molar refractivity (Wildman–Crippen MR) is 73.2 cm³/mol. The van der Waals surface area contributed by atoms with E-state index in [0.717, 1.165) is 12.3 Å². The van der Waals surface area contributed by atoms with Crippen LogP contribution in [0.25, 0.3) is 0 Å². The lowest BCUT2D eigenvalue weighted by Crippen LogP contribution is -2.45. The third kappa shape index (κ3) is 1.88. The Labute approximate surface area is 111 Å². The molecule has 2 rings (SSSR count). The fourth-order valence-electron chi connectivity index (χ4n) is 3.96. The summed E-state index contributed by atoms with van der Waals surface area (Å²) < 4.78 is 5.98. The molecular weight excluding hydrogens is 224 g/mol. The molecule has 2 heteroatoms. The van der Waals surface area contributed by atoms with Gasteiger partial charge in [0.05, 0.1) is 5.41 Å². The Bertz CT molecular complexity index is 351. The summed E-state index contributed by atoms with van der Waals surface area (Å²) in [5, 5.41) is 0. The second kappa shape index (κ2) is 3.98. The first-order valence-corrected chi connectivity index (χ1v) is 7.34. The van der Waals surface area contributed by atoms with Crippen molar-refractivity contribution in [3.05, 3.63) is 0 Å². The maximum Gasteiger partial charge on any atom is 0.311 e. The van der Waals surface area contributed by atoms with Crippen molar-refractivity contribution in [2.75, 3.05) is 0 Å². The SMILES string of the molecule is CCC(C)(C)C(=O)OC1C2(C)CCC(C2)C1(C)C. The average Bonchev–Trinajstić information content (AvgIpc) is 2.75. The lowest BCUT2D eigenvalue weighted by molar-refractivity contribution is -0.175. The zero-order valence-corrected chi connectivity index (χ0v) is 12.8. The number of hydrogen-bond acceptors (Lipinski definition) is 2. The summed E-state index contributed by atoms with van der Waals surface area (Å²) in [6.07, 6.45) is 4.67. The van der Waals surface area contributed by atoms with Crippen LogP contribution in [0.4, 0.5) is 0 Å². The van der Waals surface area contributed by atoms with Crippen LogP contribution in [0.1, 0.15) is 67.2 Å². The van der Waals surface area contributed by atoms with Crippen LogP contribution in [-0.2, 0) is 9.53 Å². The van der Waals surface area contributed by atoms with Gasteiger partial charge in [-0.3, -0.25) is 4.79 Å². The largest absolute Gasteiger partial charge is 0.461 e. The van der Waals surface area contributed by atoms with Gasteiger partial charge in [0.1, 0.15) is 6.10 Å². The Balaban J connectivity index is 2.17. The Morgan fingerprint density at radius 2 is 1.94 bits per heavy atom. The summed E-state index contributed by atoms with van der Waals surface area (Å²) in [4.78, 5) is 12.3. The number of ether oxygens (including phenoxy) is 1. The molecule has 18 heavy (non-hydrogen) atoms. The summed E-state index contributed by atoms with van der Waals surface area (Å²) in [6.45, 7) is 12.9. The Hall–Kier alpha value is -0.530. The normalized spacial score (nSPS) is 37.9. The Morgan fingerprint density at radius 3 is 2.39 bits per heavy atom. The monoisotopic (exact) mass is 252 g/mol. The fraction of sp³-hybridized carbons (Fsp3) is 0.938. The zero-order chi connectivity index (χ0) is 13.8. The maximum absolute atomic E-state index is 12.3. The van der Waals surface area contributed by atoms with E-state index in [1.807, 2.05) is 13.8 Å². The van der Waals surface area contributed by atoms with E-state index in [1.165, 1.54) is 19.3 Å².